The molecule has 4 heterocycles. The molecule has 0 spiro atoms. The number of nitrogens with one attached hydrogen (secondary N) is 1. The third kappa shape index (κ3) is 1.60. The zero-order valence-electron chi connectivity index (χ0n) is 11.5. The Morgan fingerprint density at radius 2 is 2.20 bits per heavy atom. The summed E-state index contributed by atoms with van der Waals surface area (Å²) in [5.41, 5.74) is 1.38. The Labute approximate surface area is 120 Å². The molecule has 1 amide bonds. The van der Waals surface area contributed by atoms with Crippen molar-refractivity contribution in [3.05, 3.63) is 18.0 Å². The third-order valence-corrected chi connectivity index (χ3v) is 5.16. The fourth-order valence-corrected chi connectivity index (χ4v) is 3.90. The molecular formula is C13H16N2O4S. The number of aromatic amines is 1. The highest BCUT2D eigenvalue weighted by Gasteiger charge is 2.63. The summed E-state index contributed by atoms with van der Waals surface area (Å²) in [4.78, 5) is 26.8. The van der Waals surface area contributed by atoms with Gasteiger partial charge in [-0.05, 0) is 0 Å². The average molecular weight is 296 g/mol. The van der Waals surface area contributed by atoms with Crippen molar-refractivity contribution in [3.8, 4) is 0 Å². The third-order valence-electron chi connectivity index (χ3n) is 3.87. The van der Waals surface area contributed by atoms with Crippen LogP contribution in [0, 0.1) is 5.41 Å². The number of thioether (sulfide) groups is 1. The van der Waals surface area contributed by atoms with Crippen LogP contribution < -0.4 is 4.90 Å². The number of anilines is 1. The quantitative estimate of drug-likeness (QED) is 0.516. The highest BCUT2D eigenvalue weighted by Crippen LogP contribution is 2.57. The predicted molar refractivity (Wildman–Crippen MR) is 72.5 cm³/mol. The van der Waals surface area contributed by atoms with E-state index in [1.54, 1.807) is 11.8 Å². The van der Waals surface area contributed by atoms with Crippen molar-refractivity contribution in [3.63, 3.8) is 0 Å². The number of nitrogens with zero attached hydrogens (tertiary/aromatic N) is 1. The minimum absolute atomic E-state index is 0.145. The van der Waals surface area contributed by atoms with Crippen molar-refractivity contribution in [2.45, 2.75) is 44.0 Å². The smallest absolute Gasteiger partial charge is 0.346 e. The molecule has 0 radical (unpaired) electrons. The molecule has 1 unspecified atom stereocenters. The summed E-state index contributed by atoms with van der Waals surface area (Å²) in [7, 11) is 0. The molecule has 2 atom stereocenters. The van der Waals surface area contributed by atoms with Crippen molar-refractivity contribution in [2.75, 3.05) is 4.90 Å². The summed E-state index contributed by atoms with van der Waals surface area (Å²) in [5.74, 6) is -0.832. The Morgan fingerprint density at radius 3 is 2.80 bits per heavy atom. The monoisotopic (exact) mass is 296 g/mol. The lowest BCUT2D eigenvalue weighted by Crippen LogP contribution is -2.53. The molecule has 0 aromatic carbocycles. The van der Waals surface area contributed by atoms with Crippen LogP contribution in [0.3, 0.4) is 0 Å². The molecule has 0 bridgehead atoms. The molecule has 7 heteroatoms. The van der Waals surface area contributed by atoms with Gasteiger partial charge in [0.25, 0.3) is 0 Å². The number of amides is 1. The van der Waals surface area contributed by atoms with E-state index in [0.29, 0.717) is 6.42 Å². The topological polar surface area (TPSA) is 70.4 Å². The Hall–Kier alpha value is -1.02. The minimum Gasteiger partial charge on any atom is -0.365 e. The summed E-state index contributed by atoms with van der Waals surface area (Å²) in [6.07, 6.45) is 4.26. The van der Waals surface area contributed by atoms with Crippen molar-refractivity contribution < 1.29 is 19.3 Å². The molecule has 2 saturated heterocycles. The van der Waals surface area contributed by atoms with Gasteiger partial charge in [-0.2, -0.15) is 9.78 Å². The Bertz CT molecular complexity index is 575. The highest BCUT2D eigenvalue weighted by atomic mass is 32.2. The lowest BCUT2D eigenvalue weighted by Gasteiger charge is -2.45. The highest BCUT2D eigenvalue weighted by molar-refractivity contribution is 8.00. The summed E-state index contributed by atoms with van der Waals surface area (Å²) < 4.78 is 6.09. The molecule has 1 aromatic heterocycles. The first-order valence-corrected chi connectivity index (χ1v) is 7.54. The first-order valence-electron chi connectivity index (χ1n) is 6.60. The van der Waals surface area contributed by atoms with Crippen LogP contribution in [0.4, 0.5) is 5.69 Å². The second-order valence-electron chi connectivity index (χ2n) is 6.28. The first-order chi connectivity index (χ1) is 9.41. The van der Waals surface area contributed by atoms with Crippen molar-refractivity contribution in [1.29, 1.82) is 0 Å². The maximum atomic E-state index is 11.7. The minimum atomic E-state index is -0.991. The number of H-pyrrole nitrogens is 1. The van der Waals surface area contributed by atoms with E-state index in [0.717, 1.165) is 11.3 Å². The van der Waals surface area contributed by atoms with E-state index in [2.05, 4.69) is 4.98 Å². The maximum absolute atomic E-state index is 11.7. The second kappa shape index (κ2) is 3.79. The normalized spacial score (nSPS) is 30.6. The van der Waals surface area contributed by atoms with E-state index in [1.165, 1.54) is 0 Å². The zero-order chi connectivity index (χ0) is 14.1. The Kier molecular flexibility index (Phi) is 2.41. The van der Waals surface area contributed by atoms with Crippen LogP contribution >= 0.6 is 11.8 Å². The fraction of sp³-hybridized carbons (Fsp3) is 0.615. The van der Waals surface area contributed by atoms with Crippen LogP contribution in [0.25, 0.3) is 0 Å². The lowest BCUT2D eigenvalue weighted by atomic mass is 9.94. The summed E-state index contributed by atoms with van der Waals surface area (Å²) in [5, 5.41) is 0.145. The van der Waals surface area contributed by atoms with Gasteiger partial charge in [0.2, 0.25) is 5.91 Å². The van der Waals surface area contributed by atoms with Gasteiger partial charge in [-0.15, -0.1) is 0 Å². The van der Waals surface area contributed by atoms with Gasteiger partial charge in [0, 0.05) is 23.4 Å². The van der Waals surface area contributed by atoms with Crippen molar-refractivity contribution in [1.82, 2.24) is 4.98 Å². The number of fused-ring (bicyclic) bond motifs is 3. The molecule has 1 N–H and O–H groups in total. The largest absolute Gasteiger partial charge is 0.365 e. The average Bonchev–Trinajstić information content (AvgIpc) is 2.98. The van der Waals surface area contributed by atoms with Gasteiger partial charge in [0.15, 0.2) is 0 Å². The van der Waals surface area contributed by atoms with Crippen LogP contribution in [0.5, 0.6) is 0 Å². The first kappa shape index (κ1) is 12.7. The summed E-state index contributed by atoms with van der Waals surface area (Å²) in [6, 6.07) is 0. The van der Waals surface area contributed by atoms with E-state index < -0.39 is 5.97 Å². The zero-order valence-corrected chi connectivity index (χ0v) is 12.3. The summed E-state index contributed by atoms with van der Waals surface area (Å²) in [6.45, 7) is 6.01. The van der Waals surface area contributed by atoms with Crippen LogP contribution in [0.1, 0.15) is 38.2 Å². The molecule has 20 heavy (non-hydrogen) atoms. The number of β-lactam (4-membered cyclic amide) rings is 1. The van der Waals surface area contributed by atoms with Crippen LogP contribution in [-0.4, -0.2) is 22.2 Å². The lowest BCUT2D eigenvalue weighted by molar-refractivity contribution is -0.139. The molecule has 1 aromatic rings. The standard InChI is InChI=1S/C13H16N2O4S/c1-12(2,3)13(18-19-13)17-11-7-5-14-6-8(7)15-9(16)4-10(15)20-11/h5-6,10-11,14H,4H2,1-3H3/t10-,11?/m0/s1. The SMILES string of the molecule is CC(C)(C)C1(OC2S[C@H]3CC(=O)N3c3c[nH]cc32)OO1. The van der Waals surface area contributed by atoms with E-state index in [1.807, 2.05) is 38.1 Å². The molecule has 0 aliphatic carbocycles. The van der Waals surface area contributed by atoms with Gasteiger partial charge in [-0.3, -0.25) is 9.69 Å². The van der Waals surface area contributed by atoms with Gasteiger partial charge in [0.1, 0.15) is 5.44 Å². The van der Waals surface area contributed by atoms with Gasteiger partial charge in [-0.25, -0.2) is 0 Å². The van der Waals surface area contributed by atoms with Gasteiger partial charge in [0.05, 0.1) is 17.5 Å². The summed E-state index contributed by atoms with van der Waals surface area (Å²) >= 11 is 1.62. The van der Waals surface area contributed by atoms with Crippen LogP contribution in [0.2, 0.25) is 0 Å². The number of hydrogen-bond acceptors (Lipinski definition) is 5. The number of carbonyl (C=O) groups excluding carboxylic acids is 1. The van der Waals surface area contributed by atoms with Crippen LogP contribution in [0.15, 0.2) is 12.4 Å². The van der Waals surface area contributed by atoms with E-state index >= 15 is 0 Å². The number of ether oxygens (including phenoxy) is 1. The fourth-order valence-electron chi connectivity index (χ4n) is 2.50. The molecule has 3 aliphatic rings. The molecule has 4 rings (SSSR count). The Morgan fingerprint density at radius 1 is 1.45 bits per heavy atom. The number of aromatic nitrogens is 1. The molecule has 6 nitrogen and oxygen atoms in total. The van der Waals surface area contributed by atoms with E-state index in [4.69, 9.17) is 14.5 Å². The number of carbonyl (C=O) groups is 1. The molecule has 3 aliphatic heterocycles. The number of rotatable bonds is 2. The van der Waals surface area contributed by atoms with Crippen molar-refractivity contribution in [2.24, 2.45) is 5.41 Å². The second-order valence-corrected chi connectivity index (χ2v) is 7.52. The van der Waals surface area contributed by atoms with E-state index in [9.17, 15) is 4.79 Å². The van der Waals surface area contributed by atoms with Crippen LogP contribution in [-0.2, 0) is 19.3 Å². The van der Waals surface area contributed by atoms with Gasteiger partial charge in [-0.1, -0.05) is 32.5 Å². The molecule has 2 fully saturated rings. The predicted octanol–water partition coefficient (Wildman–Crippen LogP) is 2.50. The molecule has 0 saturated carbocycles. The van der Waals surface area contributed by atoms with Crippen molar-refractivity contribution >= 4 is 23.4 Å². The van der Waals surface area contributed by atoms with Gasteiger partial charge < -0.3 is 9.72 Å². The Balaban J connectivity index is 1.63. The molecule has 108 valence electrons. The van der Waals surface area contributed by atoms with Gasteiger partial charge >= 0.3 is 5.97 Å². The molecular weight excluding hydrogens is 280 g/mol. The maximum Gasteiger partial charge on any atom is 0.346 e. The van der Waals surface area contributed by atoms with E-state index in [-0.39, 0.29) is 22.1 Å². The number of hydrogen-bond donors (Lipinski definition) is 1.